The van der Waals surface area contributed by atoms with E-state index in [-0.39, 0.29) is 24.5 Å². The molecule has 2 aromatic carbocycles. The number of nitrogens with one attached hydrogen (secondary N) is 2. The predicted octanol–water partition coefficient (Wildman–Crippen LogP) is 2.49. The number of nitrogens with zero attached hydrogens (tertiary/aromatic N) is 1. The molecule has 7 heteroatoms. The van der Waals surface area contributed by atoms with Gasteiger partial charge in [-0.25, -0.2) is 0 Å². The van der Waals surface area contributed by atoms with Crippen molar-refractivity contribution in [1.82, 2.24) is 10.6 Å². The van der Waals surface area contributed by atoms with Gasteiger partial charge in [0.25, 0.3) is 5.91 Å². The van der Waals surface area contributed by atoms with Crippen LogP contribution in [0.5, 0.6) is 0 Å². The van der Waals surface area contributed by atoms with E-state index in [1.807, 2.05) is 36.4 Å². The van der Waals surface area contributed by atoms with E-state index in [1.165, 1.54) is 0 Å². The van der Waals surface area contributed by atoms with Crippen LogP contribution < -0.4 is 10.6 Å². The van der Waals surface area contributed by atoms with Crippen molar-refractivity contribution in [3.05, 3.63) is 71.8 Å². The molecule has 0 saturated carbocycles. The van der Waals surface area contributed by atoms with E-state index in [9.17, 15) is 9.59 Å². The summed E-state index contributed by atoms with van der Waals surface area (Å²) >= 11 is 5.78. The first-order valence-electron chi connectivity index (χ1n) is 8.67. The first kappa shape index (κ1) is 18.9. The van der Waals surface area contributed by atoms with Gasteiger partial charge in [-0.1, -0.05) is 65.3 Å². The highest BCUT2D eigenvalue weighted by Crippen LogP contribution is 2.12. The maximum Gasteiger partial charge on any atom is 0.251 e. The van der Waals surface area contributed by atoms with Gasteiger partial charge in [-0.3, -0.25) is 9.59 Å². The molecule has 0 radical (unpaired) electrons. The van der Waals surface area contributed by atoms with Crippen LogP contribution in [0.4, 0.5) is 0 Å². The number of hydrogen-bond acceptors (Lipinski definition) is 4. The highest BCUT2D eigenvalue weighted by Gasteiger charge is 2.25. The molecule has 1 unspecified atom stereocenters. The van der Waals surface area contributed by atoms with Crippen molar-refractivity contribution < 1.29 is 14.4 Å². The Bertz CT molecular complexity index is 812. The fourth-order valence-corrected chi connectivity index (χ4v) is 2.94. The highest BCUT2D eigenvalue weighted by atomic mass is 35.5. The maximum atomic E-state index is 12.7. The Morgan fingerprint density at radius 3 is 2.41 bits per heavy atom. The van der Waals surface area contributed by atoms with Gasteiger partial charge in [-0.2, -0.15) is 0 Å². The fraction of sp³-hybridized carbons (Fsp3) is 0.250. The lowest BCUT2D eigenvalue weighted by molar-refractivity contribution is -0.123. The van der Waals surface area contributed by atoms with Gasteiger partial charge < -0.3 is 15.5 Å². The molecule has 2 aromatic rings. The Kier molecular flexibility index (Phi) is 6.44. The van der Waals surface area contributed by atoms with Crippen molar-refractivity contribution in [2.24, 2.45) is 5.16 Å². The summed E-state index contributed by atoms with van der Waals surface area (Å²) < 4.78 is 0. The molecular weight excluding hydrogens is 366 g/mol. The number of carbonyl (C=O) groups excluding carboxylic acids is 2. The lowest BCUT2D eigenvalue weighted by Crippen LogP contribution is -2.49. The Morgan fingerprint density at radius 1 is 1.11 bits per heavy atom. The van der Waals surface area contributed by atoms with Crippen LogP contribution in [0.2, 0.25) is 0 Å². The van der Waals surface area contributed by atoms with Crippen molar-refractivity contribution in [3.8, 4) is 0 Å². The average Bonchev–Trinajstić information content (AvgIpc) is 3.12. The van der Waals surface area contributed by atoms with Gasteiger partial charge in [0.2, 0.25) is 5.91 Å². The minimum atomic E-state index is -0.710. The van der Waals surface area contributed by atoms with E-state index in [2.05, 4.69) is 15.8 Å². The quantitative estimate of drug-likeness (QED) is 0.768. The van der Waals surface area contributed by atoms with Crippen LogP contribution in [-0.2, 0) is 16.1 Å². The van der Waals surface area contributed by atoms with Gasteiger partial charge in [0.1, 0.15) is 11.2 Å². The summed E-state index contributed by atoms with van der Waals surface area (Å²) in [5.41, 5.74) is 1.46. The Hall–Kier alpha value is -2.86. The second kappa shape index (κ2) is 9.19. The van der Waals surface area contributed by atoms with Crippen LogP contribution in [0.15, 0.2) is 65.8 Å². The first-order valence-corrected chi connectivity index (χ1v) is 9.05. The van der Waals surface area contributed by atoms with Gasteiger partial charge >= 0.3 is 0 Å². The van der Waals surface area contributed by atoms with Crippen LogP contribution in [-0.4, -0.2) is 35.7 Å². The monoisotopic (exact) mass is 385 g/mol. The molecule has 0 fully saturated rings. The summed E-state index contributed by atoms with van der Waals surface area (Å²) in [4.78, 5) is 30.3. The number of oxime groups is 1. The van der Waals surface area contributed by atoms with Gasteiger partial charge in [0, 0.05) is 18.4 Å². The second-order valence-electron chi connectivity index (χ2n) is 6.23. The number of amides is 2. The summed E-state index contributed by atoms with van der Waals surface area (Å²) in [5, 5.41) is 9.67. The molecular formula is C20H20ClN3O3. The Labute approximate surface area is 162 Å². The fourth-order valence-electron chi connectivity index (χ4n) is 2.73. The highest BCUT2D eigenvalue weighted by molar-refractivity contribution is 6.65. The van der Waals surface area contributed by atoms with Gasteiger partial charge in [-0.05, 0) is 17.7 Å². The van der Waals surface area contributed by atoms with Crippen molar-refractivity contribution in [2.75, 3.05) is 6.54 Å². The summed E-state index contributed by atoms with van der Waals surface area (Å²) in [7, 11) is 0. The number of hydrogen-bond donors (Lipinski definition) is 2. The zero-order valence-corrected chi connectivity index (χ0v) is 15.4. The normalized spacial score (nSPS) is 16.8. The third-order valence-electron chi connectivity index (χ3n) is 4.14. The summed E-state index contributed by atoms with van der Waals surface area (Å²) in [6.45, 7) is 0.269. The molecule has 1 aliphatic heterocycles. The zero-order chi connectivity index (χ0) is 19.1. The Morgan fingerprint density at radius 2 is 1.78 bits per heavy atom. The smallest absolute Gasteiger partial charge is 0.251 e. The first-order chi connectivity index (χ1) is 13.1. The molecule has 1 heterocycles. The Balaban J connectivity index is 1.65. The molecule has 3 rings (SSSR count). The second-order valence-corrected chi connectivity index (χ2v) is 6.66. The third-order valence-corrected chi connectivity index (χ3v) is 4.36. The van der Waals surface area contributed by atoms with Gasteiger partial charge in [-0.15, -0.1) is 0 Å². The molecule has 0 bridgehead atoms. The minimum absolute atomic E-state index is 0.269. The molecule has 0 aromatic heterocycles. The van der Waals surface area contributed by atoms with E-state index in [1.54, 1.807) is 24.3 Å². The van der Waals surface area contributed by atoms with Crippen molar-refractivity contribution in [1.29, 1.82) is 0 Å². The van der Waals surface area contributed by atoms with Crippen LogP contribution in [0, 0.1) is 0 Å². The summed E-state index contributed by atoms with van der Waals surface area (Å²) in [6.07, 6.45) is 0.555. The molecule has 2 atom stereocenters. The van der Waals surface area contributed by atoms with E-state index in [4.69, 9.17) is 16.4 Å². The lowest BCUT2D eigenvalue weighted by Gasteiger charge is -2.19. The SMILES string of the molecule is O=C(N[C@@H](Cc1ccccc1)C(=O)NCC1CC(Cl)=NO1)c1ccccc1. The molecule has 0 spiro atoms. The van der Waals surface area contributed by atoms with Crippen molar-refractivity contribution >= 4 is 28.6 Å². The molecule has 6 nitrogen and oxygen atoms in total. The van der Waals surface area contributed by atoms with Crippen molar-refractivity contribution in [3.63, 3.8) is 0 Å². The molecule has 0 aliphatic carbocycles. The summed E-state index contributed by atoms with van der Waals surface area (Å²) in [5.74, 6) is -0.579. The summed E-state index contributed by atoms with van der Waals surface area (Å²) in [6, 6.07) is 17.6. The zero-order valence-electron chi connectivity index (χ0n) is 14.6. The predicted molar refractivity (Wildman–Crippen MR) is 104 cm³/mol. The number of benzene rings is 2. The lowest BCUT2D eigenvalue weighted by atomic mass is 10.0. The third kappa shape index (κ3) is 5.56. The number of rotatable bonds is 7. The van der Waals surface area contributed by atoms with Crippen LogP contribution in [0.1, 0.15) is 22.3 Å². The van der Waals surface area contributed by atoms with Gasteiger partial charge in [0.15, 0.2) is 6.10 Å². The molecule has 2 N–H and O–H groups in total. The minimum Gasteiger partial charge on any atom is -0.389 e. The van der Waals surface area contributed by atoms with Crippen LogP contribution in [0.25, 0.3) is 0 Å². The number of carbonyl (C=O) groups is 2. The maximum absolute atomic E-state index is 12.7. The van der Waals surface area contributed by atoms with Crippen LogP contribution >= 0.6 is 11.6 Å². The molecule has 2 amide bonds. The van der Waals surface area contributed by atoms with E-state index in [0.717, 1.165) is 5.56 Å². The largest absolute Gasteiger partial charge is 0.389 e. The standard InChI is InChI=1S/C20H20ClN3O3/c21-18-12-16(27-24-18)13-22-20(26)17(11-14-7-3-1-4-8-14)23-19(25)15-9-5-2-6-10-15/h1-10,16-17H,11-13H2,(H,22,26)(H,23,25)/t16?,17-/m0/s1. The van der Waals surface area contributed by atoms with Gasteiger partial charge in [0.05, 0.1) is 6.54 Å². The van der Waals surface area contributed by atoms with Crippen LogP contribution in [0.3, 0.4) is 0 Å². The molecule has 0 saturated heterocycles. The average molecular weight is 386 g/mol. The van der Waals surface area contributed by atoms with E-state index >= 15 is 0 Å². The molecule has 27 heavy (non-hydrogen) atoms. The number of halogens is 1. The van der Waals surface area contributed by atoms with E-state index in [0.29, 0.717) is 23.6 Å². The molecule has 140 valence electrons. The molecule has 1 aliphatic rings. The van der Waals surface area contributed by atoms with E-state index < -0.39 is 6.04 Å². The topological polar surface area (TPSA) is 79.8 Å². The van der Waals surface area contributed by atoms with Crippen molar-refractivity contribution in [2.45, 2.75) is 25.0 Å².